The number of pyridine rings is 1. The van der Waals surface area contributed by atoms with Crippen molar-refractivity contribution in [2.24, 2.45) is 0 Å². The van der Waals surface area contributed by atoms with Crippen LogP contribution in [-0.2, 0) is 0 Å². The Bertz CT molecular complexity index is 485. The summed E-state index contributed by atoms with van der Waals surface area (Å²) in [6.07, 6.45) is 4.70. The monoisotopic (exact) mass is 248 g/mol. The zero-order chi connectivity index (χ0) is 13.0. The molecule has 6 nitrogen and oxygen atoms in total. The van der Waals surface area contributed by atoms with Crippen molar-refractivity contribution >= 4 is 11.5 Å². The van der Waals surface area contributed by atoms with Gasteiger partial charge in [-0.2, -0.15) is 0 Å². The van der Waals surface area contributed by atoms with Crippen LogP contribution in [0.15, 0.2) is 23.9 Å². The van der Waals surface area contributed by atoms with Crippen LogP contribution in [0.2, 0.25) is 0 Å². The molecule has 2 heterocycles. The number of nitrogens with zero attached hydrogens (tertiary/aromatic N) is 2. The molecule has 0 aromatic carbocycles. The minimum atomic E-state index is -0.404. The predicted octanol–water partition coefficient (Wildman–Crippen LogP) is 1.63. The second-order valence-corrected chi connectivity index (χ2v) is 4.31. The quantitative estimate of drug-likeness (QED) is 0.481. The van der Waals surface area contributed by atoms with Gasteiger partial charge in [0.05, 0.1) is 4.92 Å². The average molecular weight is 248 g/mol. The lowest BCUT2D eigenvalue weighted by Gasteiger charge is -2.14. The van der Waals surface area contributed by atoms with E-state index in [0.717, 1.165) is 25.1 Å². The van der Waals surface area contributed by atoms with Gasteiger partial charge in [0, 0.05) is 25.4 Å². The normalized spacial score (nSPS) is 15.1. The first-order chi connectivity index (χ1) is 8.66. The summed E-state index contributed by atoms with van der Waals surface area (Å²) in [7, 11) is 0. The van der Waals surface area contributed by atoms with Crippen molar-refractivity contribution in [3.8, 4) is 0 Å². The third-order valence-corrected chi connectivity index (χ3v) is 2.84. The molecule has 1 aliphatic rings. The number of hydrogen-bond donors (Lipinski definition) is 2. The molecule has 0 fully saturated rings. The van der Waals surface area contributed by atoms with Crippen LogP contribution in [0.5, 0.6) is 0 Å². The highest BCUT2D eigenvalue weighted by molar-refractivity contribution is 5.57. The number of nitrogens with one attached hydrogen (secondary N) is 2. The Morgan fingerprint density at radius 2 is 2.44 bits per heavy atom. The molecular formula is C12H16N4O2. The zero-order valence-electron chi connectivity index (χ0n) is 10.3. The molecule has 1 aromatic rings. The van der Waals surface area contributed by atoms with Crippen molar-refractivity contribution in [1.82, 2.24) is 10.3 Å². The highest BCUT2D eigenvalue weighted by atomic mass is 16.6. The Hall–Kier alpha value is -1.95. The van der Waals surface area contributed by atoms with Crippen molar-refractivity contribution in [2.45, 2.75) is 13.3 Å². The van der Waals surface area contributed by atoms with Crippen LogP contribution < -0.4 is 10.6 Å². The van der Waals surface area contributed by atoms with Gasteiger partial charge in [0.2, 0.25) is 5.82 Å². The molecule has 1 aliphatic heterocycles. The fourth-order valence-corrected chi connectivity index (χ4v) is 1.86. The summed E-state index contributed by atoms with van der Waals surface area (Å²) in [6, 6.07) is 1.53. The standard InChI is InChI=1S/C12H16N4O2/c1-9-6-11(16(17)18)12(14-7-9)15-8-10-2-4-13-5-3-10/h2,6-7,13H,3-5,8H2,1H3,(H,14,15). The summed E-state index contributed by atoms with van der Waals surface area (Å²) < 4.78 is 0. The van der Waals surface area contributed by atoms with E-state index < -0.39 is 4.92 Å². The lowest BCUT2D eigenvalue weighted by Crippen LogP contribution is -2.23. The van der Waals surface area contributed by atoms with Crippen LogP contribution in [0.4, 0.5) is 11.5 Å². The Labute approximate surface area is 105 Å². The fraction of sp³-hybridized carbons (Fsp3) is 0.417. The molecule has 1 aromatic heterocycles. The molecule has 0 saturated carbocycles. The molecule has 2 N–H and O–H groups in total. The van der Waals surface area contributed by atoms with E-state index in [2.05, 4.69) is 21.7 Å². The van der Waals surface area contributed by atoms with Gasteiger partial charge in [-0.3, -0.25) is 10.1 Å². The Kier molecular flexibility index (Phi) is 3.88. The van der Waals surface area contributed by atoms with E-state index >= 15 is 0 Å². The first-order valence-corrected chi connectivity index (χ1v) is 5.90. The molecule has 0 unspecified atom stereocenters. The van der Waals surface area contributed by atoms with Gasteiger partial charge in [-0.15, -0.1) is 0 Å². The second-order valence-electron chi connectivity index (χ2n) is 4.31. The summed E-state index contributed by atoms with van der Waals surface area (Å²) in [5.41, 5.74) is 2.07. The lowest BCUT2D eigenvalue weighted by atomic mass is 10.1. The highest BCUT2D eigenvalue weighted by Gasteiger charge is 2.15. The Morgan fingerprint density at radius 1 is 1.61 bits per heavy atom. The van der Waals surface area contributed by atoms with Gasteiger partial charge < -0.3 is 10.6 Å². The minimum absolute atomic E-state index is 0.0320. The van der Waals surface area contributed by atoms with Crippen LogP contribution in [0.25, 0.3) is 0 Å². The van der Waals surface area contributed by atoms with Gasteiger partial charge >= 0.3 is 5.69 Å². The molecule has 0 atom stereocenters. The van der Waals surface area contributed by atoms with E-state index in [0.29, 0.717) is 12.4 Å². The van der Waals surface area contributed by atoms with Crippen molar-refractivity contribution in [2.75, 3.05) is 25.0 Å². The molecule has 96 valence electrons. The fourth-order valence-electron chi connectivity index (χ4n) is 1.86. The summed E-state index contributed by atoms with van der Waals surface area (Å²) >= 11 is 0. The van der Waals surface area contributed by atoms with Gasteiger partial charge in [-0.1, -0.05) is 11.6 Å². The SMILES string of the molecule is Cc1cnc(NCC2=CCNCC2)c([N+](=O)[O-])c1. The number of anilines is 1. The predicted molar refractivity (Wildman–Crippen MR) is 69.7 cm³/mol. The molecule has 6 heteroatoms. The third kappa shape index (κ3) is 3.04. The first kappa shape index (κ1) is 12.5. The minimum Gasteiger partial charge on any atom is -0.361 e. The largest absolute Gasteiger partial charge is 0.361 e. The number of aryl methyl sites for hydroxylation is 1. The van der Waals surface area contributed by atoms with Crippen LogP contribution in [0.3, 0.4) is 0 Å². The summed E-state index contributed by atoms with van der Waals surface area (Å²) in [4.78, 5) is 14.6. The van der Waals surface area contributed by atoms with Crippen LogP contribution >= 0.6 is 0 Å². The van der Waals surface area contributed by atoms with E-state index in [1.54, 1.807) is 13.1 Å². The maximum atomic E-state index is 10.9. The van der Waals surface area contributed by atoms with Crippen molar-refractivity contribution in [3.63, 3.8) is 0 Å². The van der Waals surface area contributed by atoms with Gasteiger partial charge in [0.25, 0.3) is 0 Å². The number of hydrogen-bond acceptors (Lipinski definition) is 5. The van der Waals surface area contributed by atoms with E-state index in [9.17, 15) is 10.1 Å². The van der Waals surface area contributed by atoms with E-state index in [-0.39, 0.29) is 5.69 Å². The average Bonchev–Trinajstić information content (AvgIpc) is 2.38. The van der Waals surface area contributed by atoms with E-state index in [4.69, 9.17) is 0 Å². The summed E-state index contributed by atoms with van der Waals surface area (Å²) in [5, 5.41) is 17.2. The van der Waals surface area contributed by atoms with Crippen LogP contribution in [-0.4, -0.2) is 29.5 Å². The molecule has 0 bridgehead atoms. The number of aromatic nitrogens is 1. The molecule has 2 rings (SSSR count). The number of rotatable bonds is 4. The molecule has 0 radical (unpaired) electrons. The third-order valence-electron chi connectivity index (χ3n) is 2.84. The van der Waals surface area contributed by atoms with Gasteiger partial charge in [0.15, 0.2) is 0 Å². The van der Waals surface area contributed by atoms with Gasteiger partial charge in [-0.05, 0) is 25.5 Å². The van der Waals surface area contributed by atoms with Gasteiger partial charge in [0.1, 0.15) is 0 Å². The topological polar surface area (TPSA) is 80.1 Å². The zero-order valence-corrected chi connectivity index (χ0v) is 10.3. The summed E-state index contributed by atoms with van der Waals surface area (Å²) in [6.45, 7) is 4.22. The van der Waals surface area contributed by atoms with Crippen molar-refractivity contribution in [1.29, 1.82) is 0 Å². The highest BCUT2D eigenvalue weighted by Crippen LogP contribution is 2.22. The van der Waals surface area contributed by atoms with Crippen molar-refractivity contribution < 1.29 is 4.92 Å². The maximum absolute atomic E-state index is 10.9. The molecule has 0 spiro atoms. The molecule has 0 aliphatic carbocycles. The smallest absolute Gasteiger partial charge is 0.311 e. The lowest BCUT2D eigenvalue weighted by molar-refractivity contribution is -0.384. The number of nitro groups is 1. The van der Waals surface area contributed by atoms with E-state index in [1.165, 1.54) is 11.6 Å². The van der Waals surface area contributed by atoms with Crippen molar-refractivity contribution in [3.05, 3.63) is 39.6 Å². The first-order valence-electron chi connectivity index (χ1n) is 5.90. The second kappa shape index (κ2) is 5.59. The maximum Gasteiger partial charge on any atom is 0.311 e. The molecule has 0 amide bonds. The van der Waals surface area contributed by atoms with Crippen LogP contribution in [0.1, 0.15) is 12.0 Å². The molecule has 0 saturated heterocycles. The molecule has 18 heavy (non-hydrogen) atoms. The molecular weight excluding hydrogens is 232 g/mol. The van der Waals surface area contributed by atoms with E-state index in [1.807, 2.05) is 0 Å². The van der Waals surface area contributed by atoms with Gasteiger partial charge in [-0.25, -0.2) is 4.98 Å². The van der Waals surface area contributed by atoms with Crippen LogP contribution in [0, 0.1) is 17.0 Å². The Balaban J connectivity index is 2.08. The Morgan fingerprint density at radius 3 is 3.11 bits per heavy atom. The summed E-state index contributed by atoms with van der Waals surface area (Å²) in [5.74, 6) is 0.338.